The highest BCUT2D eigenvalue weighted by molar-refractivity contribution is 8.00. The van der Waals surface area contributed by atoms with Crippen LogP contribution in [0.4, 0.5) is 0 Å². The third-order valence-corrected chi connectivity index (χ3v) is 3.84. The summed E-state index contributed by atoms with van der Waals surface area (Å²) < 4.78 is 0. The normalized spacial score (nSPS) is 15.2. The number of carbonyl (C=O) groups excluding carboxylic acids is 1. The van der Waals surface area contributed by atoms with Crippen LogP contribution in [0.15, 0.2) is 29.2 Å². The van der Waals surface area contributed by atoms with Crippen LogP contribution in [0.25, 0.3) is 0 Å². The molecule has 1 aliphatic heterocycles. The summed E-state index contributed by atoms with van der Waals surface area (Å²) in [7, 11) is 0. The molecular formula is C12H11ClN2OS. The van der Waals surface area contributed by atoms with Crippen molar-refractivity contribution in [2.45, 2.75) is 4.90 Å². The lowest BCUT2D eigenvalue weighted by Crippen LogP contribution is -2.50. The first-order valence-electron chi connectivity index (χ1n) is 5.25. The van der Waals surface area contributed by atoms with Gasteiger partial charge in [-0.2, -0.15) is 5.26 Å². The van der Waals surface area contributed by atoms with Crippen molar-refractivity contribution in [1.29, 1.82) is 5.26 Å². The van der Waals surface area contributed by atoms with E-state index in [1.165, 1.54) is 11.8 Å². The van der Waals surface area contributed by atoms with Crippen molar-refractivity contribution in [3.8, 4) is 6.07 Å². The van der Waals surface area contributed by atoms with E-state index in [4.69, 9.17) is 16.9 Å². The molecule has 0 saturated carbocycles. The van der Waals surface area contributed by atoms with Gasteiger partial charge in [-0.25, -0.2) is 0 Å². The molecule has 1 heterocycles. The van der Waals surface area contributed by atoms with Crippen LogP contribution in [0.1, 0.15) is 0 Å². The van der Waals surface area contributed by atoms with E-state index in [2.05, 4.69) is 6.07 Å². The minimum Gasteiger partial charge on any atom is -0.339 e. The molecule has 1 fully saturated rings. The lowest BCUT2D eigenvalue weighted by Gasteiger charge is -2.35. The standard InChI is InChI=1S/C12H11ClN2OS/c13-10-1-3-11(4-2-10)17-8-12(16)15-6-9(5-14)7-15/h1-4,9H,6-8H2. The van der Waals surface area contributed by atoms with Crippen LogP contribution in [0.2, 0.25) is 5.02 Å². The minimum absolute atomic E-state index is 0.0273. The molecule has 1 amide bonds. The average Bonchev–Trinajstić information content (AvgIpc) is 2.27. The molecule has 1 aromatic rings. The summed E-state index contributed by atoms with van der Waals surface area (Å²) in [5.74, 6) is 0.538. The molecule has 0 aromatic heterocycles. The van der Waals surface area contributed by atoms with Gasteiger partial charge in [0.2, 0.25) is 5.91 Å². The summed E-state index contributed by atoms with van der Waals surface area (Å²) in [6, 6.07) is 9.56. The smallest absolute Gasteiger partial charge is 0.233 e. The fourth-order valence-electron chi connectivity index (χ4n) is 1.53. The summed E-state index contributed by atoms with van der Waals surface area (Å²) in [5, 5.41) is 9.31. The van der Waals surface area contributed by atoms with Gasteiger partial charge in [-0.05, 0) is 24.3 Å². The monoisotopic (exact) mass is 266 g/mol. The highest BCUT2D eigenvalue weighted by Crippen LogP contribution is 2.22. The second-order valence-corrected chi connectivity index (χ2v) is 5.35. The molecule has 1 aliphatic rings. The summed E-state index contributed by atoms with van der Waals surface area (Å²) in [5.41, 5.74) is 0. The average molecular weight is 267 g/mol. The zero-order valence-electron chi connectivity index (χ0n) is 9.10. The SMILES string of the molecule is N#CC1CN(C(=O)CSc2ccc(Cl)cc2)C1. The zero-order chi connectivity index (χ0) is 12.3. The summed E-state index contributed by atoms with van der Waals surface area (Å²) in [4.78, 5) is 14.4. The van der Waals surface area contributed by atoms with Crippen LogP contribution in [0.3, 0.4) is 0 Å². The number of hydrogen-bond acceptors (Lipinski definition) is 3. The van der Waals surface area contributed by atoms with Gasteiger partial charge in [0, 0.05) is 23.0 Å². The Labute approximate surface area is 109 Å². The van der Waals surface area contributed by atoms with Crippen LogP contribution in [-0.2, 0) is 4.79 Å². The van der Waals surface area contributed by atoms with Crippen molar-refractivity contribution >= 4 is 29.3 Å². The van der Waals surface area contributed by atoms with Crippen LogP contribution in [0, 0.1) is 17.2 Å². The molecule has 0 bridgehead atoms. The van der Waals surface area contributed by atoms with Crippen LogP contribution < -0.4 is 0 Å². The second-order valence-electron chi connectivity index (χ2n) is 3.87. The maximum atomic E-state index is 11.7. The van der Waals surface area contributed by atoms with Gasteiger partial charge in [-0.15, -0.1) is 11.8 Å². The Morgan fingerprint density at radius 3 is 2.71 bits per heavy atom. The number of rotatable bonds is 3. The lowest BCUT2D eigenvalue weighted by molar-refractivity contribution is -0.133. The Hall–Kier alpha value is -1.18. The summed E-state index contributed by atoms with van der Waals surface area (Å²) in [6.07, 6.45) is 0. The third kappa shape index (κ3) is 3.15. The predicted octanol–water partition coefficient (Wildman–Crippen LogP) is 2.41. The van der Waals surface area contributed by atoms with E-state index in [1.54, 1.807) is 4.90 Å². The molecule has 0 aliphatic carbocycles. The zero-order valence-corrected chi connectivity index (χ0v) is 10.7. The Morgan fingerprint density at radius 2 is 2.12 bits per heavy atom. The maximum absolute atomic E-state index is 11.7. The second kappa shape index (κ2) is 5.44. The van der Waals surface area contributed by atoms with Crippen molar-refractivity contribution in [2.75, 3.05) is 18.8 Å². The topological polar surface area (TPSA) is 44.1 Å². The molecule has 0 spiro atoms. The Balaban J connectivity index is 1.77. The molecule has 0 unspecified atom stereocenters. The fraction of sp³-hybridized carbons (Fsp3) is 0.333. The van der Waals surface area contributed by atoms with Gasteiger partial charge in [0.1, 0.15) is 0 Å². The Bertz CT molecular complexity index is 449. The van der Waals surface area contributed by atoms with Crippen LogP contribution >= 0.6 is 23.4 Å². The molecule has 88 valence electrons. The van der Waals surface area contributed by atoms with E-state index >= 15 is 0 Å². The van der Waals surface area contributed by atoms with E-state index < -0.39 is 0 Å². The van der Waals surface area contributed by atoms with Crippen molar-refractivity contribution < 1.29 is 4.79 Å². The van der Waals surface area contributed by atoms with E-state index in [-0.39, 0.29) is 11.8 Å². The highest BCUT2D eigenvalue weighted by atomic mass is 35.5. The van der Waals surface area contributed by atoms with Crippen LogP contribution in [-0.4, -0.2) is 29.6 Å². The number of nitriles is 1. The molecular weight excluding hydrogens is 256 g/mol. The molecule has 0 atom stereocenters. The highest BCUT2D eigenvalue weighted by Gasteiger charge is 2.29. The summed E-state index contributed by atoms with van der Waals surface area (Å²) in [6.45, 7) is 1.16. The number of hydrogen-bond donors (Lipinski definition) is 0. The molecule has 0 N–H and O–H groups in total. The molecule has 5 heteroatoms. The number of halogens is 1. The fourth-order valence-corrected chi connectivity index (χ4v) is 2.46. The van der Waals surface area contributed by atoms with Crippen molar-refractivity contribution in [2.24, 2.45) is 5.92 Å². The Kier molecular flexibility index (Phi) is 3.93. The van der Waals surface area contributed by atoms with Gasteiger partial charge < -0.3 is 4.90 Å². The first-order chi connectivity index (χ1) is 8.19. The minimum atomic E-state index is 0.0273. The van der Waals surface area contributed by atoms with Crippen molar-refractivity contribution in [1.82, 2.24) is 4.90 Å². The molecule has 2 rings (SSSR count). The van der Waals surface area contributed by atoms with E-state index in [9.17, 15) is 4.79 Å². The van der Waals surface area contributed by atoms with Gasteiger partial charge >= 0.3 is 0 Å². The largest absolute Gasteiger partial charge is 0.339 e. The first kappa shape index (κ1) is 12.3. The quantitative estimate of drug-likeness (QED) is 0.789. The number of carbonyl (C=O) groups is 1. The van der Waals surface area contributed by atoms with E-state index in [0.717, 1.165) is 4.90 Å². The number of thioether (sulfide) groups is 1. The molecule has 17 heavy (non-hydrogen) atoms. The van der Waals surface area contributed by atoms with Gasteiger partial charge in [0.05, 0.1) is 17.7 Å². The van der Waals surface area contributed by atoms with E-state index in [0.29, 0.717) is 23.9 Å². The maximum Gasteiger partial charge on any atom is 0.233 e. The molecule has 1 aromatic carbocycles. The molecule has 0 radical (unpaired) electrons. The van der Waals surface area contributed by atoms with Gasteiger partial charge in [0.15, 0.2) is 0 Å². The third-order valence-electron chi connectivity index (χ3n) is 2.59. The number of nitrogens with zero attached hydrogens (tertiary/aromatic N) is 2. The van der Waals surface area contributed by atoms with Crippen LogP contribution in [0.5, 0.6) is 0 Å². The summed E-state index contributed by atoms with van der Waals surface area (Å²) >= 11 is 7.26. The van der Waals surface area contributed by atoms with Crippen molar-refractivity contribution in [3.63, 3.8) is 0 Å². The van der Waals surface area contributed by atoms with Gasteiger partial charge in [-0.3, -0.25) is 4.79 Å². The molecule has 3 nitrogen and oxygen atoms in total. The predicted molar refractivity (Wildman–Crippen MR) is 67.9 cm³/mol. The van der Waals surface area contributed by atoms with Crippen molar-refractivity contribution in [3.05, 3.63) is 29.3 Å². The van der Waals surface area contributed by atoms with Gasteiger partial charge in [0.25, 0.3) is 0 Å². The first-order valence-corrected chi connectivity index (χ1v) is 6.61. The Morgan fingerprint density at radius 1 is 1.47 bits per heavy atom. The number of likely N-dealkylation sites (tertiary alicyclic amines) is 1. The number of benzene rings is 1. The number of amides is 1. The van der Waals surface area contributed by atoms with Gasteiger partial charge in [-0.1, -0.05) is 11.6 Å². The van der Waals surface area contributed by atoms with E-state index in [1.807, 2.05) is 24.3 Å². The molecule has 1 saturated heterocycles. The lowest BCUT2D eigenvalue weighted by atomic mass is 10.0.